The van der Waals surface area contributed by atoms with Gasteiger partial charge >= 0.3 is 244 Å². The molecule has 0 saturated carbocycles. The van der Waals surface area contributed by atoms with Crippen molar-refractivity contribution in [1.82, 2.24) is 15.5 Å². The molecule has 0 aliphatic heterocycles. The van der Waals surface area contributed by atoms with Gasteiger partial charge in [-0.25, -0.2) is 0 Å². The van der Waals surface area contributed by atoms with Crippen LogP contribution in [0.1, 0.15) is 12.8 Å². The van der Waals surface area contributed by atoms with E-state index < -0.39 is 94.3 Å². The molecule has 0 aromatic rings. The standard InChI is InChI=1S/C9H28N3O15P5.8Na/c13-28(14,15)7-10-3-1-5-12(6-2-4-11-8-29(16,17)18)9(30(19,20)21,31(22,23)24)32(25,26)27;;;;;;;;/h10-11H,1-8H2,(H2,13,14,15)(H2,16,17,18)(H2,19,20,21)(H2,22,23,24)(H2,25,26,27);;;;;;;;/q;8*+1/p-8. The monoisotopic (exact) mass is 749 g/mol. The van der Waals surface area contributed by atoms with E-state index in [2.05, 4.69) is 10.6 Å². The van der Waals surface area contributed by atoms with E-state index in [4.69, 9.17) is 0 Å². The molecule has 18 nitrogen and oxygen atoms in total. The zero-order valence-corrected chi connectivity index (χ0v) is 44.5. The first-order valence-corrected chi connectivity index (χ1v) is 16.5. The molecule has 0 bridgehead atoms. The fourth-order valence-electron chi connectivity index (χ4n) is 2.63. The molecule has 194 valence electrons. The van der Waals surface area contributed by atoms with Gasteiger partial charge in [-0.15, -0.1) is 0 Å². The van der Waals surface area contributed by atoms with E-state index in [1.165, 1.54) is 0 Å². The average Bonchev–Trinajstić information content (AvgIpc) is 2.47. The summed E-state index contributed by atoms with van der Waals surface area (Å²) >= 11 is 0. The van der Waals surface area contributed by atoms with Gasteiger partial charge < -0.3 is 77.8 Å². The van der Waals surface area contributed by atoms with Crippen molar-refractivity contribution in [2.24, 2.45) is 0 Å². The fraction of sp³-hybridized carbons (Fsp3) is 1.00. The second-order valence-corrected chi connectivity index (χ2v) is 15.5. The van der Waals surface area contributed by atoms with Crippen LogP contribution in [0.25, 0.3) is 0 Å². The minimum atomic E-state index is -6.93. The van der Waals surface area contributed by atoms with Gasteiger partial charge in [0.2, 0.25) is 0 Å². The van der Waals surface area contributed by atoms with E-state index in [0.717, 1.165) is 0 Å². The quantitative estimate of drug-likeness (QED) is 0.0646. The van der Waals surface area contributed by atoms with Crippen LogP contribution in [0.2, 0.25) is 0 Å². The molecule has 0 amide bonds. The van der Waals surface area contributed by atoms with Crippen LogP contribution in [0.3, 0.4) is 0 Å². The first-order chi connectivity index (χ1) is 14.1. The van der Waals surface area contributed by atoms with E-state index in [1.807, 2.05) is 0 Å². The number of nitrogens with zero attached hydrogens (tertiary/aromatic N) is 1. The molecular weight excluding hydrogens is 729 g/mol. The van der Waals surface area contributed by atoms with Crippen molar-refractivity contribution in [1.29, 1.82) is 0 Å². The molecule has 0 saturated heterocycles. The molecule has 4 N–H and O–H groups in total. The molecule has 0 atom stereocenters. The Kier molecular flexibility index (Phi) is 54.8. The molecular formula is C9H20N3Na8O15P5. The summed E-state index contributed by atoms with van der Waals surface area (Å²) in [5, 5.41) is 4.14. The largest absolute Gasteiger partial charge is 1.00 e. The molecule has 0 aromatic heterocycles. The molecule has 0 spiro atoms. The smallest absolute Gasteiger partial charge is 0.810 e. The van der Waals surface area contributed by atoms with Crippen LogP contribution in [-0.4, -0.2) is 58.2 Å². The molecule has 40 heavy (non-hydrogen) atoms. The van der Waals surface area contributed by atoms with Gasteiger partial charge in [0, 0.05) is 25.7 Å². The van der Waals surface area contributed by atoms with Crippen LogP contribution in [-0.2, 0) is 22.8 Å². The predicted octanol–water partition coefficient (Wildman–Crippen LogP) is -31.4. The Bertz CT molecular complexity index is 779. The summed E-state index contributed by atoms with van der Waals surface area (Å²) < 4.78 is 51.7. The Morgan fingerprint density at radius 1 is 0.550 bits per heavy atom. The first kappa shape index (κ1) is 70.2. The van der Waals surface area contributed by atoms with Gasteiger partial charge in [0.05, 0.1) is 0 Å². The van der Waals surface area contributed by atoms with E-state index in [9.17, 15) is 71.8 Å². The van der Waals surface area contributed by atoms with Crippen LogP contribution < -0.4 is 286 Å². The van der Waals surface area contributed by atoms with Gasteiger partial charge in [-0.1, -0.05) is 15.2 Å². The van der Waals surface area contributed by atoms with Gasteiger partial charge in [-0.2, -0.15) is 0 Å². The zero-order chi connectivity index (χ0) is 25.6. The normalized spacial score (nSPS) is 11.9. The molecule has 0 heterocycles. The third-order valence-corrected chi connectivity index (χ3v) is 12.5. The maximum atomic E-state index is 11.9. The van der Waals surface area contributed by atoms with Gasteiger partial charge in [0.25, 0.3) is 0 Å². The van der Waals surface area contributed by atoms with E-state index in [0.29, 0.717) is 0 Å². The molecule has 31 heteroatoms. The van der Waals surface area contributed by atoms with Crippen molar-refractivity contribution in [2.45, 2.75) is 17.6 Å². The number of rotatable bonds is 16. The van der Waals surface area contributed by atoms with Crippen molar-refractivity contribution in [3.63, 3.8) is 0 Å². The second kappa shape index (κ2) is 31.2. The van der Waals surface area contributed by atoms with Crippen LogP contribution in [0.4, 0.5) is 0 Å². The molecule has 0 radical (unpaired) electrons. The summed E-state index contributed by atoms with van der Waals surface area (Å²) in [4.78, 5) is 108. The summed E-state index contributed by atoms with van der Waals surface area (Å²) in [6.07, 6.45) is -3.14. The van der Waals surface area contributed by atoms with Crippen molar-refractivity contribution in [2.75, 3.05) is 38.8 Å². The Morgan fingerprint density at radius 3 is 0.975 bits per heavy atom. The first-order valence-electron chi connectivity index (χ1n) is 8.35. The van der Waals surface area contributed by atoms with E-state index in [1.54, 1.807) is 0 Å². The van der Waals surface area contributed by atoms with Crippen molar-refractivity contribution < 1.29 is 308 Å². The van der Waals surface area contributed by atoms with Gasteiger partial charge in [0.15, 0.2) is 4.76 Å². The number of nitrogens with one attached hydrogen (secondary N) is 2. The van der Waals surface area contributed by atoms with E-state index >= 15 is 0 Å². The Labute approximate surface area is 409 Å². The van der Waals surface area contributed by atoms with Crippen molar-refractivity contribution >= 4 is 38.0 Å². The molecule has 0 aliphatic carbocycles. The zero-order valence-electron chi connectivity index (χ0n) is 24.0. The number of hydrogen-bond acceptors (Lipinski definition) is 16. The Hall–Kier alpha value is 8.63. The average molecular weight is 749 g/mol. The van der Waals surface area contributed by atoms with Crippen LogP contribution in [0.5, 0.6) is 0 Å². The summed E-state index contributed by atoms with van der Waals surface area (Å²) in [5.74, 6) is 0. The second-order valence-electron chi connectivity index (χ2n) is 6.37. The molecule has 0 aromatic carbocycles. The molecule has 0 aliphatic rings. The Balaban J connectivity index is -0.000000172. The summed E-state index contributed by atoms with van der Waals surface area (Å²) in [6, 6.07) is 0. The summed E-state index contributed by atoms with van der Waals surface area (Å²) in [5.41, 5.74) is 0. The summed E-state index contributed by atoms with van der Waals surface area (Å²) in [7, 11) is -30.4. The molecule has 0 rings (SSSR count). The third kappa shape index (κ3) is 27.3. The van der Waals surface area contributed by atoms with Gasteiger partial charge in [-0.3, -0.25) is 9.46 Å². The van der Waals surface area contributed by atoms with Crippen LogP contribution >= 0.6 is 38.0 Å². The van der Waals surface area contributed by atoms with Crippen LogP contribution in [0.15, 0.2) is 0 Å². The van der Waals surface area contributed by atoms with Crippen molar-refractivity contribution in [3.05, 3.63) is 0 Å². The summed E-state index contributed by atoms with van der Waals surface area (Å²) in [6.45, 7) is -2.82. The SMILES string of the molecule is O=P([O-])([O-])CNCCCN(CCCNCP(=O)([O-])[O-])C(P(=O)([O-])[O-])(P(=O)([O-])[O-])P(=O)(O)O.[Na+].[Na+].[Na+].[Na+].[Na+].[Na+].[Na+].[Na+]. The van der Waals surface area contributed by atoms with Crippen LogP contribution in [0, 0.1) is 0 Å². The maximum Gasteiger partial charge on any atom is 1.00 e. The minimum absolute atomic E-state index is 0. The maximum absolute atomic E-state index is 11.9. The van der Waals surface area contributed by atoms with Gasteiger partial charge in [-0.05, 0) is 41.1 Å². The Morgan fingerprint density at radius 2 is 0.800 bits per heavy atom. The fourth-order valence-corrected chi connectivity index (χ4v) is 8.91. The predicted molar refractivity (Wildman–Crippen MR) is 91.7 cm³/mol. The van der Waals surface area contributed by atoms with Gasteiger partial charge in [0.1, 0.15) is 0 Å². The van der Waals surface area contributed by atoms with Crippen molar-refractivity contribution in [3.8, 4) is 0 Å². The molecule has 0 unspecified atom stereocenters. The third-order valence-electron chi connectivity index (χ3n) is 3.72. The van der Waals surface area contributed by atoms with E-state index in [-0.39, 0.29) is 241 Å². The number of hydrogen-bond donors (Lipinski definition) is 4. The topological polar surface area (TPSA) is 338 Å². The molecule has 0 fully saturated rings. The minimum Gasteiger partial charge on any atom is -0.810 e.